The summed E-state index contributed by atoms with van der Waals surface area (Å²) in [7, 11) is 0. The summed E-state index contributed by atoms with van der Waals surface area (Å²) in [5, 5.41) is 0. The molecule has 1 fully saturated rings. The molecule has 0 aromatic heterocycles. The first kappa shape index (κ1) is 9.94. The first-order valence-corrected chi connectivity index (χ1v) is 5.67. The fourth-order valence-electron chi connectivity index (χ4n) is 1.57. The molecule has 0 atom stereocenters. The van der Waals surface area contributed by atoms with E-state index in [2.05, 4.69) is 46.3 Å². The summed E-state index contributed by atoms with van der Waals surface area (Å²) >= 11 is 3.43. The van der Waals surface area contributed by atoms with Gasteiger partial charge in [0.2, 0.25) is 0 Å². The molecule has 1 heterocycles. The Morgan fingerprint density at radius 1 is 1.07 bits per heavy atom. The second-order valence-electron chi connectivity index (χ2n) is 3.47. The zero-order valence-corrected chi connectivity index (χ0v) is 9.59. The molecule has 2 rings (SSSR count). The first-order valence-electron chi connectivity index (χ1n) is 4.87. The lowest BCUT2D eigenvalue weighted by Crippen LogP contribution is -2.06. The summed E-state index contributed by atoms with van der Waals surface area (Å²) in [6.07, 6.45) is 4.43. The Labute approximate surface area is 92.9 Å². The minimum Gasteiger partial charge on any atom is -0.381 e. The highest BCUT2D eigenvalue weighted by molar-refractivity contribution is 9.10. The lowest BCUT2D eigenvalue weighted by molar-refractivity contribution is 0.119. The third kappa shape index (κ3) is 2.69. The molecule has 14 heavy (non-hydrogen) atoms. The van der Waals surface area contributed by atoms with Gasteiger partial charge in [0.15, 0.2) is 0 Å². The Kier molecular flexibility index (Phi) is 3.38. The lowest BCUT2D eigenvalue weighted by atomic mass is 10.0. The van der Waals surface area contributed by atoms with Crippen molar-refractivity contribution >= 4 is 22.0 Å². The Morgan fingerprint density at radius 3 is 2.36 bits per heavy atom. The van der Waals surface area contributed by atoms with Gasteiger partial charge in [0.1, 0.15) is 0 Å². The molecule has 1 aliphatic heterocycles. The maximum Gasteiger partial charge on any atom is 0.0503 e. The van der Waals surface area contributed by atoms with E-state index in [0.29, 0.717) is 0 Å². The molecule has 0 spiro atoms. The van der Waals surface area contributed by atoms with Crippen LogP contribution in [-0.4, -0.2) is 13.2 Å². The third-order valence-corrected chi connectivity index (χ3v) is 2.90. The number of rotatable bonds is 1. The van der Waals surface area contributed by atoms with Gasteiger partial charge in [0.05, 0.1) is 13.2 Å². The van der Waals surface area contributed by atoms with Crippen molar-refractivity contribution in [3.8, 4) is 0 Å². The Morgan fingerprint density at radius 2 is 1.71 bits per heavy atom. The van der Waals surface area contributed by atoms with Crippen molar-refractivity contribution in [3.63, 3.8) is 0 Å². The fraction of sp³-hybridized carbons (Fsp3) is 0.333. The van der Waals surface area contributed by atoms with Crippen molar-refractivity contribution in [1.82, 2.24) is 0 Å². The Balaban J connectivity index is 2.11. The van der Waals surface area contributed by atoms with Crippen LogP contribution in [0.3, 0.4) is 0 Å². The number of hydrogen-bond donors (Lipinski definition) is 0. The lowest BCUT2D eigenvalue weighted by Gasteiger charge is -2.14. The van der Waals surface area contributed by atoms with Crippen LogP contribution in [0.4, 0.5) is 0 Å². The summed E-state index contributed by atoms with van der Waals surface area (Å²) < 4.78 is 6.44. The molecule has 0 amide bonds. The highest BCUT2D eigenvalue weighted by Gasteiger charge is 2.04. The van der Waals surface area contributed by atoms with E-state index in [4.69, 9.17) is 4.74 Å². The zero-order chi connectivity index (χ0) is 9.80. The van der Waals surface area contributed by atoms with Crippen molar-refractivity contribution in [1.29, 1.82) is 0 Å². The van der Waals surface area contributed by atoms with E-state index in [9.17, 15) is 0 Å². The minimum atomic E-state index is 0.877. The van der Waals surface area contributed by atoms with Gasteiger partial charge in [-0.1, -0.05) is 39.7 Å². The quantitative estimate of drug-likeness (QED) is 0.742. The molecule has 1 aromatic carbocycles. The molecule has 74 valence electrons. The van der Waals surface area contributed by atoms with E-state index in [1.807, 2.05) is 0 Å². The average Bonchev–Trinajstić information content (AvgIpc) is 2.23. The van der Waals surface area contributed by atoms with Gasteiger partial charge in [-0.3, -0.25) is 0 Å². The van der Waals surface area contributed by atoms with Gasteiger partial charge in [0.25, 0.3) is 0 Å². The van der Waals surface area contributed by atoms with E-state index >= 15 is 0 Å². The van der Waals surface area contributed by atoms with E-state index < -0.39 is 0 Å². The van der Waals surface area contributed by atoms with Crippen molar-refractivity contribution < 1.29 is 4.74 Å². The molecule has 0 bridgehead atoms. The van der Waals surface area contributed by atoms with Gasteiger partial charge in [-0.15, -0.1) is 0 Å². The zero-order valence-electron chi connectivity index (χ0n) is 8.00. The van der Waals surface area contributed by atoms with Crippen LogP contribution >= 0.6 is 15.9 Å². The highest BCUT2D eigenvalue weighted by atomic mass is 79.9. The monoisotopic (exact) mass is 252 g/mol. The average molecular weight is 253 g/mol. The fourth-order valence-corrected chi connectivity index (χ4v) is 1.84. The topological polar surface area (TPSA) is 9.23 Å². The Bertz CT molecular complexity index is 319. The molecule has 0 unspecified atom stereocenters. The summed E-state index contributed by atoms with van der Waals surface area (Å²) in [6, 6.07) is 8.41. The van der Waals surface area contributed by atoms with Gasteiger partial charge in [-0.25, -0.2) is 0 Å². The van der Waals surface area contributed by atoms with Gasteiger partial charge < -0.3 is 4.74 Å². The predicted octanol–water partition coefficient (Wildman–Crippen LogP) is 3.64. The van der Waals surface area contributed by atoms with Crippen molar-refractivity contribution in [2.24, 2.45) is 0 Å². The molecule has 0 N–H and O–H groups in total. The molecule has 0 saturated carbocycles. The van der Waals surface area contributed by atoms with Gasteiger partial charge in [-0.05, 0) is 30.5 Å². The molecule has 1 aliphatic rings. The SMILES string of the molecule is Brc1ccc(C=C2CCOCC2)cc1. The van der Waals surface area contributed by atoms with Gasteiger partial charge in [0, 0.05) is 4.47 Å². The molecular weight excluding hydrogens is 240 g/mol. The maximum absolute atomic E-state index is 5.31. The van der Waals surface area contributed by atoms with E-state index in [-0.39, 0.29) is 0 Å². The van der Waals surface area contributed by atoms with Crippen LogP contribution in [0.15, 0.2) is 34.3 Å². The van der Waals surface area contributed by atoms with Crippen LogP contribution in [0.25, 0.3) is 6.08 Å². The maximum atomic E-state index is 5.31. The van der Waals surface area contributed by atoms with Gasteiger partial charge in [-0.2, -0.15) is 0 Å². The highest BCUT2D eigenvalue weighted by Crippen LogP contribution is 2.18. The molecular formula is C12H13BrO. The molecule has 1 nitrogen and oxygen atoms in total. The molecule has 1 saturated heterocycles. The van der Waals surface area contributed by atoms with Crippen molar-refractivity contribution in [3.05, 3.63) is 39.9 Å². The molecule has 0 aliphatic carbocycles. The number of benzene rings is 1. The van der Waals surface area contributed by atoms with Crippen molar-refractivity contribution in [2.75, 3.05) is 13.2 Å². The summed E-state index contributed by atoms with van der Waals surface area (Å²) in [5.74, 6) is 0. The van der Waals surface area contributed by atoms with Crippen LogP contribution in [-0.2, 0) is 4.74 Å². The van der Waals surface area contributed by atoms with Crippen molar-refractivity contribution in [2.45, 2.75) is 12.8 Å². The van der Waals surface area contributed by atoms with Gasteiger partial charge >= 0.3 is 0 Å². The second kappa shape index (κ2) is 4.76. The van der Waals surface area contributed by atoms with Crippen LogP contribution in [0, 0.1) is 0 Å². The van der Waals surface area contributed by atoms with Crippen LogP contribution in [0.2, 0.25) is 0 Å². The summed E-state index contributed by atoms with van der Waals surface area (Å²) in [5.41, 5.74) is 2.78. The Hall–Kier alpha value is -0.600. The standard InChI is InChI=1S/C12H13BrO/c13-12-3-1-10(2-4-12)9-11-5-7-14-8-6-11/h1-4,9H,5-8H2. The number of ether oxygens (including phenoxy) is 1. The third-order valence-electron chi connectivity index (χ3n) is 2.38. The van der Waals surface area contributed by atoms with Crippen LogP contribution in [0.5, 0.6) is 0 Å². The smallest absolute Gasteiger partial charge is 0.0503 e. The van der Waals surface area contributed by atoms with Crippen LogP contribution < -0.4 is 0 Å². The molecule has 2 heteroatoms. The first-order chi connectivity index (χ1) is 6.84. The largest absolute Gasteiger partial charge is 0.381 e. The summed E-state index contributed by atoms with van der Waals surface area (Å²) in [4.78, 5) is 0. The van der Waals surface area contributed by atoms with E-state index in [1.54, 1.807) is 0 Å². The predicted molar refractivity (Wildman–Crippen MR) is 62.2 cm³/mol. The van der Waals surface area contributed by atoms with E-state index in [0.717, 1.165) is 30.5 Å². The normalized spacial score (nSPS) is 16.8. The van der Waals surface area contributed by atoms with Crippen LogP contribution in [0.1, 0.15) is 18.4 Å². The second-order valence-corrected chi connectivity index (χ2v) is 4.38. The number of halogens is 1. The minimum absolute atomic E-state index is 0.877. The molecule has 0 radical (unpaired) electrons. The number of hydrogen-bond acceptors (Lipinski definition) is 1. The van der Waals surface area contributed by atoms with E-state index in [1.165, 1.54) is 11.1 Å². The summed E-state index contributed by atoms with van der Waals surface area (Å²) in [6.45, 7) is 1.75. The molecule has 1 aromatic rings.